The molecule has 0 radical (unpaired) electrons. The van der Waals surface area contributed by atoms with E-state index >= 15 is 0 Å². The van der Waals surface area contributed by atoms with E-state index < -0.39 is 18.0 Å². The summed E-state index contributed by atoms with van der Waals surface area (Å²) in [5.41, 5.74) is 0.337. The van der Waals surface area contributed by atoms with Crippen LogP contribution in [-0.4, -0.2) is 68.1 Å². The van der Waals surface area contributed by atoms with Gasteiger partial charge in [0.1, 0.15) is 11.7 Å². The Bertz CT molecular complexity index is 576. The van der Waals surface area contributed by atoms with E-state index in [1.54, 1.807) is 7.11 Å². The molecule has 7 heteroatoms. The largest absolute Gasteiger partial charge is 0.443 e. The van der Waals surface area contributed by atoms with Crippen LogP contribution in [0.4, 0.5) is 4.79 Å². The smallest absolute Gasteiger partial charge is 0.407 e. The molecule has 4 heterocycles. The number of fused-ring (bicyclic) bond motifs is 1. The van der Waals surface area contributed by atoms with Crippen molar-refractivity contribution in [2.75, 3.05) is 26.7 Å². The van der Waals surface area contributed by atoms with Crippen molar-refractivity contribution in [1.82, 2.24) is 10.2 Å². The van der Waals surface area contributed by atoms with Gasteiger partial charge in [0, 0.05) is 19.7 Å². The van der Waals surface area contributed by atoms with Crippen molar-refractivity contribution >= 4 is 6.09 Å². The van der Waals surface area contributed by atoms with Gasteiger partial charge in [-0.05, 0) is 57.7 Å². The standard InChI is InChI=1S/C19H30N2O5/c1-11(2)20-18(22)24-14-9-13-12(3)16-25-17(23-4)15(13)19(14,26-16)10-21-7-5-6-8-21/h11,13-17H,3,5-10H2,1-2,4H3,(H,20,22)/t13?,14-,15?,16?,17?,19?/m1/s1. The maximum Gasteiger partial charge on any atom is 0.407 e. The van der Waals surface area contributed by atoms with Gasteiger partial charge in [-0.3, -0.25) is 0 Å². The summed E-state index contributed by atoms with van der Waals surface area (Å²) in [4.78, 5) is 14.7. The lowest BCUT2D eigenvalue weighted by Crippen LogP contribution is -2.67. The minimum Gasteiger partial charge on any atom is -0.443 e. The van der Waals surface area contributed by atoms with E-state index in [-0.39, 0.29) is 30.3 Å². The van der Waals surface area contributed by atoms with Crippen LogP contribution in [-0.2, 0) is 18.9 Å². The number of methoxy groups -OCH3 is 1. The van der Waals surface area contributed by atoms with Crippen LogP contribution in [0, 0.1) is 11.8 Å². The van der Waals surface area contributed by atoms with Crippen LogP contribution in [0.15, 0.2) is 12.2 Å². The summed E-state index contributed by atoms with van der Waals surface area (Å²) < 4.78 is 23.9. The summed E-state index contributed by atoms with van der Waals surface area (Å²) in [6, 6.07) is 0.0280. The maximum absolute atomic E-state index is 12.3. The molecule has 0 aromatic heterocycles. The zero-order valence-electron chi connectivity index (χ0n) is 15.9. The molecule has 4 bridgehead atoms. The highest BCUT2D eigenvalue weighted by Crippen LogP contribution is 2.59. The summed E-state index contributed by atoms with van der Waals surface area (Å²) in [7, 11) is 1.67. The van der Waals surface area contributed by atoms with Crippen molar-refractivity contribution in [3.63, 3.8) is 0 Å². The van der Waals surface area contributed by atoms with Gasteiger partial charge in [-0.1, -0.05) is 6.58 Å². The molecular weight excluding hydrogens is 336 g/mol. The Labute approximate surface area is 155 Å². The molecule has 1 amide bonds. The molecule has 7 nitrogen and oxygen atoms in total. The van der Waals surface area contributed by atoms with Gasteiger partial charge in [0.2, 0.25) is 0 Å². The number of carbonyl (C=O) groups excluding carboxylic acids is 1. The lowest BCUT2D eigenvalue weighted by Gasteiger charge is -2.54. The number of nitrogens with one attached hydrogen (secondary N) is 1. The summed E-state index contributed by atoms with van der Waals surface area (Å²) in [5.74, 6) is 0.175. The molecule has 0 spiro atoms. The quantitative estimate of drug-likeness (QED) is 0.749. The Hall–Kier alpha value is -1.15. The average Bonchev–Trinajstić information content (AvgIpc) is 3.17. The minimum absolute atomic E-state index is 0.0116. The van der Waals surface area contributed by atoms with Crippen LogP contribution in [0.25, 0.3) is 0 Å². The van der Waals surface area contributed by atoms with E-state index in [0.717, 1.165) is 25.2 Å². The first kappa shape index (κ1) is 18.2. The van der Waals surface area contributed by atoms with Gasteiger partial charge in [0.15, 0.2) is 12.6 Å². The molecule has 1 aliphatic carbocycles. The minimum atomic E-state index is -0.603. The Balaban J connectivity index is 1.63. The molecule has 5 rings (SSSR count). The van der Waals surface area contributed by atoms with Crippen LogP contribution in [0.3, 0.4) is 0 Å². The van der Waals surface area contributed by atoms with Gasteiger partial charge in [-0.2, -0.15) is 0 Å². The molecule has 4 aliphatic heterocycles. The molecule has 146 valence electrons. The van der Waals surface area contributed by atoms with Crippen molar-refractivity contribution < 1.29 is 23.7 Å². The number of carbonyl (C=O) groups is 1. The van der Waals surface area contributed by atoms with Crippen LogP contribution in [0.5, 0.6) is 0 Å². The highest BCUT2D eigenvalue weighted by Gasteiger charge is 2.70. The number of rotatable bonds is 5. The lowest BCUT2D eigenvalue weighted by atomic mass is 9.76. The summed E-state index contributed by atoms with van der Waals surface area (Å²) >= 11 is 0. The van der Waals surface area contributed by atoms with E-state index in [2.05, 4.69) is 16.8 Å². The van der Waals surface area contributed by atoms with Crippen molar-refractivity contribution in [2.24, 2.45) is 11.8 Å². The molecule has 5 fully saturated rings. The summed E-state index contributed by atoms with van der Waals surface area (Å²) in [5, 5.41) is 2.83. The summed E-state index contributed by atoms with van der Waals surface area (Å²) in [6.45, 7) is 10.9. The first-order valence-electron chi connectivity index (χ1n) is 9.69. The maximum atomic E-state index is 12.3. The number of hydrogen-bond acceptors (Lipinski definition) is 6. The average molecular weight is 366 g/mol. The molecule has 5 unspecified atom stereocenters. The monoisotopic (exact) mass is 366 g/mol. The molecule has 4 saturated heterocycles. The van der Waals surface area contributed by atoms with Crippen molar-refractivity contribution in [3.05, 3.63) is 12.2 Å². The third-order valence-electron chi connectivity index (χ3n) is 6.22. The number of likely N-dealkylation sites (tertiary alicyclic amines) is 1. The topological polar surface area (TPSA) is 69.3 Å². The van der Waals surface area contributed by atoms with Gasteiger partial charge >= 0.3 is 6.09 Å². The number of ether oxygens (including phenoxy) is 4. The Morgan fingerprint density at radius 3 is 2.81 bits per heavy atom. The zero-order chi connectivity index (χ0) is 18.5. The summed E-state index contributed by atoms with van der Waals surface area (Å²) in [6.07, 6.45) is 1.54. The molecule has 1 N–H and O–H groups in total. The fraction of sp³-hybridized carbons (Fsp3) is 0.842. The first-order valence-corrected chi connectivity index (χ1v) is 9.69. The molecule has 0 aromatic rings. The van der Waals surface area contributed by atoms with Crippen LogP contribution in [0.2, 0.25) is 0 Å². The van der Waals surface area contributed by atoms with Gasteiger partial charge in [0.05, 0.1) is 5.92 Å². The van der Waals surface area contributed by atoms with Gasteiger partial charge in [0.25, 0.3) is 0 Å². The molecule has 5 aliphatic rings. The second-order valence-corrected chi connectivity index (χ2v) is 8.26. The zero-order valence-corrected chi connectivity index (χ0v) is 15.9. The van der Waals surface area contributed by atoms with E-state index in [9.17, 15) is 4.79 Å². The SMILES string of the molecule is C=C1C2OC(OC)C3C1C[C@@H](OC(=O)NC(C)C)C3(CN1CCCC1)O2. The highest BCUT2D eigenvalue weighted by atomic mass is 16.8. The van der Waals surface area contributed by atoms with E-state index in [0.29, 0.717) is 6.42 Å². The van der Waals surface area contributed by atoms with Crippen LogP contribution >= 0.6 is 0 Å². The highest BCUT2D eigenvalue weighted by molar-refractivity contribution is 5.68. The van der Waals surface area contributed by atoms with Gasteiger partial charge in [-0.15, -0.1) is 0 Å². The van der Waals surface area contributed by atoms with E-state index in [4.69, 9.17) is 18.9 Å². The number of hydrogen-bond donors (Lipinski definition) is 1. The van der Waals surface area contributed by atoms with Gasteiger partial charge in [-0.25, -0.2) is 4.79 Å². The van der Waals surface area contributed by atoms with Crippen LogP contribution in [0.1, 0.15) is 33.1 Å². The predicted octanol–water partition coefficient (Wildman–Crippen LogP) is 1.88. The lowest BCUT2D eigenvalue weighted by molar-refractivity contribution is -0.375. The van der Waals surface area contributed by atoms with Crippen LogP contribution < -0.4 is 5.32 Å². The molecular formula is C19H30N2O5. The molecule has 0 aromatic carbocycles. The second kappa shape index (κ2) is 6.78. The Kier molecular flexibility index (Phi) is 4.75. The molecule has 26 heavy (non-hydrogen) atoms. The van der Waals surface area contributed by atoms with Crippen molar-refractivity contribution in [2.45, 2.75) is 63.4 Å². The number of alkyl carbamates (subject to hydrolysis) is 1. The third-order valence-corrected chi connectivity index (χ3v) is 6.22. The van der Waals surface area contributed by atoms with Crippen molar-refractivity contribution in [3.8, 4) is 0 Å². The Morgan fingerprint density at radius 2 is 2.15 bits per heavy atom. The van der Waals surface area contributed by atoms with Gasteiger partial charge < -0.3 is 29.2 Å². The molecule has 6 atom stereocenters. The fourth-order valence-electron chi connectivity index (χ4n) is 5.14. The van der Waals surface area contributed by atoms with E-state index in [1.165, 1.54) is 12.8 Å². The first-order chi connectivity index (χ1) is 12.4. The number of amides is 1. The molecule has 1 saturated carbocycles. The normalized spacial score (nSPS) is 41.8. The second-order valence-electron chi connectivity index (χ2n) is 8.26. The fourth-order valence-corrected chi connectivity index (χ4v) is 5.14. The third kappa shape index (κ3) is 2.85. The van der Waals surface area contributed by atoms with E-state index in [1.807, 2.05) is 13.8 Å². The Morgan fingerprint density at radius 1 is 1.42 bits per heavy atom. The predicted molar refractivity (Wildman–Crippen MR) is 94.4 cm³/mol. The number of nitrogens with zero attached hydrogens (tertiary/aromatic N) is 1. The van der Waals surface area contributed by atoms with Crippen molar-refractivity contribution in [1.29, 1.82) is 0 Å².